The van der Waals surface area contributed by atoms with Gasteiger partial charge in [-0.3, -0.25) is 0 Å². The van der Waals surface area contributed by atoms with E-state index in [2.05, 4.69) is 34.2 Å². The van der Waals surface area contributed by atoms with Gasteiger partial charge in [0.25, 0.3) is 0 Å². The number of aromatic nitrogens is 2. The summed E-state index contributed by atoms with van der Waals surface area (Å²) in [5.74, 6) is 1.72. The molecule has 1 aliphatic carbocycles. The average molecular weight is 271 g/mol. The summed E-state index contributed by atoms with van der Waals surface area (Å²) in [6, 6.07) is 10.5. The Bertz CT molecular complexity index is 557. The van der Waals surface area contributed by atoms with Crippen LogP contribution in [0.25, 0.3) is 0 Å². The van der Waals surface area contributed by atoms with E-state index in [1.807, 2.05) is 12.3 Å². The summed E-state index contributed by atoms with van der Waals surface area (Å²) in [5, 5.41) is 0. The molecule has 3 nitrogen and oxygen atoms in total. The predicted octanol–water partition coefficient (Wildman–Crippen LogP) is 3.11. The molecular formula is C15H17N3S. The number of hydrogen-bond acceptors (Lipinski definition) is 4. The van der Waals surface area contributed by atoms with Crippen molar-refractivity contribution in [1.29, 1.82) is 0 Å². The Balaban J connectivity index is 1.72. The number of thioether (sulfide) groups is 1. The van der Waals surface area contributed by atoms with Crippen LogP contribution in [0, 0.1) is 0 Å². The van der Waals surface area contributed by atoms with Crippen LogP contribution in [0.1, 0.15) is 36.0 Å². The number of benzene rings is 1. The molecule has 0 saturated carbocycles. The Morgan fingerprint density at radius 3 is 2.95 bits per heavy atom. The highest BCUT2D eigenvalue weighted by Gasteiger charge is 2.18. The Morgan fingerprint density at radius 2 is 2.11 bits per heavy atom. The van der Waals surface area contributed by atoms with Crippen molar-refractivity contribution >= 4 is 11.8 Å². The van der Waals surface area contributed by atoms with E-state index >= 15 is 0 Å². The van der Waals surface area contributed by atoms with Crippen LogP contribution in [0.5, 0.6) is 0 Å². The van der Waals surface area contributed by atoms with Gasteiger partial charge in [-0.05, 0) is 31.4 Å². The standard InChI is InChI=1S/C15H17N3S/c16-13-7-4-8-14-12(13)9-17-15(18-14)10-19-11-5-2-1-3-6-11/h1-3,5-6,9,13H,4,7-8,10,16H2. The lowest BCUT2D eigenvalue weighted by Crippen LogP contribution is -2.19. The first kappa shape index (κ1) is 12.6. The summed E-state index contributed by atoms with van der Waals surface area (Å²) in [4.78, 5) is 10.4. The number of hydrogen-bond donors (Lipinski definition) is 1. The van der Waals surface area contributed by atoms with Crippen molar-refractivity contribution in [3.63, 3.8) is 0 Å². The molecule has 1 aromatic heterocycles. The van der Waals surface area contributed by atoms with Crippen LogP contribution in [0.15, 0.2) is 41.4 Å². The van der Waals surface area contributed by atoms with Gasteiger partial charge in [-0.15, -0.1) is 11.8 Å². The van der Waals surface area contributed by atoms with E-state index in [1.54, 1.807) is 11.8 Å². The molecule has 98 valence electrons. The number of aryl methyl sites for hydroxylation is 1. The molecule has 0 radical (unpaired) electrons. The number of fused-ring (bicyclic) bond motifs is 1. The molecule has 1 atom stereocenters. The minimum atomic E-state index is 0.125. The van der Waals surface area contributed by atoms with Gasteiger partial charge in [0.05, 0.1) is 5.75 Å². The molecule has 0 fully saturated rings. The van der Waals surface area contributed by atoms with Crippen LogP contribution in [-0.4, -0.2) is 9.97 Å². The lowest BCUT2D eigenvalue weighted by Gasteiger charge is -2.20. The van der Waals surface area contributed by atoms with Crippen molar-refractivity contribution < 1.29 is 0 Å². The molecule has 1 aromatic carbocycles. The number of nitrogens with zero attached hydrogens (tertiary/aromatic N) is 2. The molecule has 2 aromatic rings. The van der Waals surface area contributed by atoms with Gasteiger partial charge in [0.2, 0.25) is 0 Å². The summed E-state index contributed by atoms with van der Waals surface area (Å²) in [7, 11) is 0. The van der Waals surface area contributed by atoms with Gasteiger partial charge in [-0.1, -0.05) is 18.2 Å². The SMILES string of the molecule is NC1CCCc2nc(CSc3ccccc3)ncc21. The third-order valence-electron chi connectivity index (χ3n) is 3.39. The minimum Gasteiger partial charge on any atom is -0.324 e. The molecule has 0 bridgehead atoms. The maximum absolute atomic E-state index is 6.08. The lowest BCUT2D eigenvalue weighted by atomic mass is 9.93. The van der Waals surface area contributed by atoms with Crippen LogP contribution in [0.3, 0.4) is 0 Å². The highest BCUT2D eigenvalue weighted by Crippen LogP contribution is 2.27. The highest BCUT2D eigenvalue weighted by atomic mass is 32.2. The molecule has 19 heavy (non-hydrogen) atoms. The zero-order valence-electron chi connectivity index (χ0n) is 10.7. The summed E-state index contributed by atoms with van der Waals surface area (Å²) in [5.41, 5.74) is 8.37. The van der Waals surface area contributed by atoms with E-state index < -0.39 is 0 Å². The van der Waals surface area contributed by atoms with Gasteiger partial charge >= 0.3 is 0 Å². The highest BCUT2D eigenvalue weighted by molar-refractivity contribution is 7.98. The first-order valence-corrected chi connectivity index (χ1v) is 7.59. The Kier molecular flexibility index (Phi) is 3.80. The molecular weight excluding hydrogens is 254 g/mol. The quantitative estimate of drug-likeness (QED) is 0.872. The zero-order valence-corrected chi connectivity index (χ0v) is 11.6. The second-order valence-corrected chi connectivity index (χ2v) is 5.84. The van der Waals surface area contributed by atoms with Crippen LogP contribution in [0.4, 0.5) is 0 Å². The first-order valence-electron chi connectivity index (χ1n) is 6.61. The second-order valence-electron chi connectivity index (χ2n) is 4.79. The summed E-state index contributed by atoms with van der Waals surface area (Å²) < 4.78 is 0. The van der Waals surface area contributed by atoms with Crippen molar-refractivity contribution in [2.75, 3.05) is 0 Å². The van der Waals surface area contributed by atoms with Crippen molar-refractivity contribution in [2.24, 2.45) is 5.73 Å². The largest absolute Gasteiger partial charge is 0.324 e. The van der Waals surface area contributed by atoms with Crippen LogP contribution in [0.2, 0.25) is 0 Å². The van der Waals surface area contributed by atoms with Gasteiger partial charge in [0.15, 0.2) is 0 Å². The minimum absolute atomic E-state index is 0.125. The number of nitrogens with two attached hydrogens (primary N) is 1. The fraction of sp³-hybridized carbons (Fsp3) is 0.333. The van der Waals surface area contributed by atoms with E-state index in [4.69, 9.17) is 5.73 Å². The Hall–Kier alpha value is -1.39. The monoisotopic (exact) mass is 271 g/mol. The van der Waals surface area contributed by atoms with Crippen LogP contribution in [-0.2, 0) is 12.2 Å². The third-order valence-corrected chi connectivity index (χ3v) is 4.40. The zero-order chi connectivity index (χ0) is 13.1. The third kappa shape index (κ3) is 2.96. The van der Waals surface area contributed by atoms with Gasteiger partial charge in [-0.2, -0.15) is 0 Å². The van der Waals surface area contributed by atoms with E-state index in [9.17, 15) is 0 Å². The molecule has 2 N–H and O–H groups in total. The summed E-state index contributed by atoms with van der Waals surface area (Å²) >= 11 is 1.77. The molecule has 0 saturated heterocycles. The van der Waals surface area contributed by atoms with Gasteiger partial charge in [0, 0.05) is 28.4 Å². The topological polar surface area (TPSA) is 51.8 Å². The molecule has 0 spiro atoms. The average Bonchev–Trinajstić information content (AvgIpc) is 2.46. The lowest BCUT2D eigenvalue weighted by molar-refractivity contribution is 0.554. The summed E-state index contributed by atoms with van der Waals surface area (Å²) in [6.45, 7) is 0. The predicted molar refractivity (Wildman–Crippen MR) is 77.9 cm³/mol. The fourth-order valence-corrected chi connectivity index (χ4v) is 3.14. The van der Waals surface area contributed by atoms with Crippen LogP contribution < -0.4 is 5.73 Å². The molecule has 1 heterocycles. The fourth-order valence-electron chi connectivity index (χ4n) is 2.36. The van der Waals surface area contributed by atoms with Crippen molar-refractivity contribution in [3.05, 3.63) is 53.6 Å². The van der Waals surface area contributed by atoms with Gasteiger partial charge < -0.3 is 5.73 Å². The van der Waals surface area contributed by atoms with Crippen molar-refractivity contribution in [2.45, 2.75) is 36.0 Å². The van der Waals surface area contributed by atoms with Gasteiger partial charge in [0.1, 0.15) is 5.82 Å². The van der Waals surface area contributed by atoms with E-state index in [1.165, 1.54) is 4.90 Å². The first-order chi connectivity index (χ1) is 9.33. The van der Waals surface area contributed by atoms with E-state index in [0.717, 1.165) is 42.1 Å². The van der Waals surface area contributed by atoms with E-state index in [0.29, 0.717) is 0 Å². The Morgan fingerprint density at radius 1 is 1.26 bits per heavy atom. The van der Waals surface area contributed by atoms with Gasteiger partial charge in [-0.25, -0.2) is 9.97 Å². The molecule has 0 aliphatic heterocycles. The molecule has 0 amide bonds. The maximum Gasteiger partial charge on any atom is 0.138 e. The van der Waals surface area contributed by atoms with Crippen LogP contribution >= 0.6 is 11.8 Å². The normalized spacial score (nSPS) is 18.1. The molecule has 1 aliphatic rings. The summed E-state index contributed by atoms with van der Waals surface area (Å²) in [6.07, 6.45) is 5.15. The number of rotatable bonds is 3. The maximum atomic E-state index is 6.08. The molecule has 4 heteroatoms. The molecule has 1 unspecified atom stereocenters. The van der Waals surface area contributed by atoms with Crippen molar-refractivity contribution in [1.82, 2.24) is 9.97 Å². The Labute approximate surface area is 117 Å². The van der Waals surface area contributed by atoms with E-state index in [-0.39, 0.29) is 6.04 Å². The smallest absolute Gasteiger partial charge is 0.138 e. The van der Waals surface area contributed by atoms with Crippen molar-refractivity contribution in [3.8, 4) is 0 Å². The second kappa shape index (κ2) is 5.72. The molecule has 3 rings (SSSR count).